The van der Waals surface area contributed by atoms with Crippen molar-refractivity contribution in [3.63, 3.8) is 0 Å². The first kappa shape index (κ1) is 16.0. The molecule has 0 radical (unpaired) electrons. The van der Waals surface area contributed by atoms with Gasteiger partial charge in [-0.05, 0) is 55.1 Å². The third-order valence-electron chi connectivity index (χ3n) is 3.60. The lowest BCUT2D eigenvalue weighted by atomic mass is 10.0. The van der Waals surface area contributed by atoms with E-state index >= 15 is 0 Å². The Kier molecular flexibility index (Phi) is 6.74. The fourth-order valence-corrected chi connectivity index (χ4v) is 2.68. The molecule has 2 aromatic rings. The minimum atomic E-state index is 0.716. The van der Waals surface area contributed by atoms with E-state index in [2.05, 4.69) is 35.6 Å². The third-order valence-corrected chi connectivity index (χ3v) is 3.96. The second-order valence-electron chi connectivity index (χ2n) is 5.18. The fourth-order valence-electron chi connectivity index (χ4n) is 2.42. The summed E-state index contributed by atoms with van der Waals surface area (Å²) in [6.45, 7) is 2.48. The minimum Gasteiger partial charge on any atom is -0.330 e. The van der Waals surface area contributed by atoms with Gasteiger partial charge in [-0.1, -0.05) is 54.1 Å². The van der Waals surface area contributed by atoms with Crippen LogP contribution in [0.2, 0.25) is 5.02 Å². The number of rotatable bonds is 8. The zero-order chi connectivity index (χ0) is 14.9. The van der Waals surface area contributed by atoms with E-state index in [4.69, 9.17) is 17.3 Å². The van der Waals surface area contributed by atoms with Crippen molar-refractivity contribution in [2.24, 2.45) is 5.73 Å². The number of hydrogen-bond donors (Lipinski definition) is 2. The highest BCUT2D eigenvalue weighted by Gasteiger charge is 2.06. The first-order chi connectivity index (χ1) is 10.3. The Morgan fingerprint density at radius 3 is 2.52 bits per heavy atom. The van der Waals surface area contributed by atoms with E-state index in [1.807, 2.05) is 18.2 Å². The Labute approximate surface area is 132 Å². The highest BCUT2D eigenvalue weighted by atomic mass is 35.5. The van der Waals surface area contributed by atoms with Crippen LogP contribution in [0.5, 0.6) is 0 Å². The molecule has 0 amide bonds. The number of aryl methyl sites for hydroxylation is 1. The van der Waals surface area contributed by atoms with Gasteiger partial charge in [0, 0.05) is 11.6 Å². The first-order valence-electron chi connectivity index (χ1n) is 7.52. The second kappa shape index (κ2) is 8.83. The molecule has 0 aliphatic carbocycles. The molecule has 2 nitrogen and oxygen atoms in total. The highest BCUT2D eigenvalue weighted by molar-refractivity contribution is 6.31. The predicted octanol–water partition coefficient (Wildman–Crippen LogP) is 3.56. The van der Waals surface area contributed by atoms with Gasteiger partial charge in [-0.15, -0.1) is 0 Å². The summed E-state index contributed by atoms with van der Waals surface area (Å²) < 4.78 is 0. The normalized spacial score (nSPS) is 10.8. The monoisotopic (exact) mass is 302 g/mol. The van der Waals surface area contributed by atoms with Gasteiger partial charge in [0.2, 0.25) is 0 Å². The van der Waals surface area contributed by atoms with Crippen LogP contribution in [0.1, 0.15) is 23.1 Å². The average Bonchev–Trinajstić information content (AvgIpc) is 2.52. The largest absolute Gasteiger partial charge is 0.330 e. The van der Waals surface area contributed by atoms with Crippen molar-refractivity contribution >= 4 is 11.6 Å². The number of benzene rings is 2. The van der Waals surface area contributed by atoms with E-state index in [-0.39, 0.29) is 0 Å². The lowest BCUT2D eigenvalue weighted by Gasteiger charge is -2.12. The molecule has 21 heavy (non-hydrogen) atoms. The van der Waals surface area contributed by atoms with Gasteiger partial charge in [0.05, 0.1) is 0 Å². The van der Waals surface area contributed by atoms with Crippen LogP contribution in [-0.4, -0.2) is 13.1 Å². The summed E-state index contributed by atoms with van der Waals surface area (Å²) in [5.74, 6) is 0. The Bertz CT molecular complexity index is 540. The van der Waals surface area contributed by atoms with Gasteiger partial charge in [0.25, 0.3) is 0 Å². The van der Waals surface area contributed by atoms with Crippen molar-refractivity contribution in [2.75, 3.05) is 13.1 Å². The molecule has 0 aliphatic heterocycles. The molecule has 0 saturated carbocycles. The van der Waals surface area contributed by atoms with E-state index in [9.17, 15) is 0 Å². The summed E-state index contributed by atoms with van der Waals surface area (Å²) in [5.41, 5.74) is 9.47. The molecule has 0 aliphatic rings. The van der Waals surface area contributed by atoms with Gasteiger partial charge in [0.1, 0.15) is 0 Å². The number of nitrogens with two attached hydrogens (primary N) is 1. The minimum absolute atomic E-state index is 0.716. The molecule has 0 unspecified atom stereocenters. The molecular formula is C18H23ClN2. The molecule has 0 fully saturated rings. The van der Waals surface area contributed by atoms with E-state index in [1.165, 1.54) is 16.7 Å². The maximum Gasteiger partial charge on any atom is 0.0453 e. The van der Waals surface area contributed by atoms with Crippen molar-refractivity contribution < 1.29 is 0 Å². The van der Waals surface area contributed by atoms with E-state index in [0.717, 1.165) is 37.4 Å². The topological polar surface area (TPSA) is 38.0 Å². The maximum atomic E-state index is 6.33. The van der Waals surface area contributed by atoms with Crippen molar-refractivity contribution in [1.82, 2.24) is 5.32 Å². The van der Waals surface area contributed by atoms with Crippen LogP contribution in [-0.2, 0) is 19.4 Å². The van der Waals surface area contributed by atoms with Gasteiger partial charge < -0.3 is 11.1 Å². The van der Waals surface area contributed by atoms with Crippen molar-refractivity contribution in [2.45, 2.75) is 25.8 Å². The van der Waals surface area contributed by atoms with Crippen molar-refractivity contribution in [1.29, 1.82) is 0 Å². The van der Waals surface area contributed by atoms with E-state index in [0.29, 0.717) is 6.54 Å². The summed E-state index contributed by atoms with van der Waals surface area (Å²) >= 11 is 6.33. The van der Waals surface area contributed by atoms with Gasteiger partial charge >= 0.3 is 0 Å². The average molecular weight is 303 g/mol. The standard InChI is InChI=1S/C18H23ClN2/c19-18-10-4-8-16(9-5-12-20)17(18)14-21-13-11-15-6-2-1-3-7-15/h1-4,6-8,10,21H,5,9,11-14,20H2. The van der Waals surface area contributed by atoms with E-state index in [1.54, 1.807) is 0 Å². The summed E-state index contributed by atoms with van der Waals surface area (Å²) in [7, 11) is 0. The van der Waals surface area contributed by atoms with Gasteiger partial charge in [-0.25, -0.2) is 0 Å². The molecular weight excluding hydrogens is 280 g/mol. The van der Waals surface area contributed by atoms with Crippen LogP contribution in [0.15, 0.2) is 48.5 Å². The number of halogens is 1. The Hall–Kier alpha value is -1.35. The maximum absolute atomic E-state index is 6.33. The van der Waals surface area contributed by atoms with Crippen LogP contribution in [0.4, 0.5) is 0 Å². The third kappa shape index (κ3) is 5.16. The predicted molar refractivity (Wildman–Crippen MR) is 90.7 cm³/mol. The Morgan fingerprint density at radius 1 is 0.952 bits per heavy atom. The molecule has 0 heterocycles. The summed E-state index contributed by atoms with van der Waals surface area (Å²) in [6.07, 6.45) is 3.02. The van der Waals surface area contributed by atoms with Crippen LogP contribution in [0.25, 0.3) is 0 Å². The van der Waals surface area contributed by atoms with E-state index < -0.39 is 0 Å². The van der Waals surface area contributed by atoms with Crippen LogP contribution >= 0.6 is 11.6 Å². The molecule has 0 saturated heterocycles. The van der Waals surface area contributed by atoms with Crippen LogP contribution in [0, 0.1) is 0 Å². The second-order valence-corrected chi connectivity index (χ2v) is 5.59. The van der Waals surface area contributed by atoms with Crippen LogP contribution in [0.3, 0.4) is 0 Å². The molecule has 0 bridgehead atoms. The highest BCUT2D eigenvalue weighted by Crippen LogP contribution is 2.21. The SMILES string of the molecule is NCCCc1cccc(Cl)c1CNCCc1ccccc1. The van der Waals surface area contributed by atoms with Crippen molar-refractivity contribution in [3.8, 4) is 0 Å². The molecule has 2 rings (SSSR count). The molecule has 3 heteroatoms. The molecule has 0 atom stereocenters. The van der Waals surface area contributed by atoms with Crippen LogP contribution < -0.4 is 11.1 Å². The molecule has 0 aromatic heterocycles. The summed E-state index contributed by atoms with van der Waals surface area (Å²) in [6, 6.07) is 16.6. The Balaban J connectivity index is 1.87. The zero-order valence-electron chi connectivity index (χ0n) is 12.3. The molecule has 112 valence electrons. The lowest BCUT2D eigenvalue weighted by molar-refractivity contribution is 0.679. The van der Waals surface area contributed by atoms with Gasteiger partial charge in [-0.3, -0.25) is 0 Å². The lowest BCUT2D eigenvalue weighted by Crippen LogP contribution is -2.18. The summed E-state index contributed by atoms with van der Waals surface area (Å²) in [4.78, 5) is 0. The molecule has 3 N–H and O–H groups in total. The molecule has 2 aromatic carbocycles. The fraction of sp³-hybridized carbons (Fsp3) is 0.333. The Morgan fingerprint density at radius 2 is 1.76 bits per heavy atom. The number of nitrogens with one attached hydrogen (secondary N) is 1. The summed E-state index contributed by atoms with van der Waals surface area (Å²) in [5, 5.41) is 4.34. The zero-order valence-corrected chi connectivity index (χ0v) is 13.1. The van der Waals surface area contributed by atoms with Gasteiger partial charge in [0.15, 0.2) is 0 Å². The quantitative estimate of drug-likeness (QED) is 0.732. The van der Waals surface area contributed by atoms with Gasteiger partial charge in [-0.2, -0.15) is 0 Å². The smallest absolute Gasteiger partial charge is 0.0453 e. The number of hydrogen-bond acceptors (Lipinski definition) is 2. The first-order valence-corrected chi connectivity index (χ1v) is 7.90. The molecule has 0 spiro atoms. The van der Waals surface area contributed by atoms with Crippen molar-refractivity contribution in [3.05, 3.63) is 70.2 Å².